The summed E-state index contributed by atoms with van der Waals surface area (Å²) in [6.07, 6.45) is 5.69. The monoisotopic (exact) mass is 512 g/mol. The van der Waals surface area contributed by atoms with Gasteiger partial charge in [-0.25, -0.2) is 4.79 Å². The van der Waals surface area contributed by atoms with Gasteiger partial charge in [0.15, 0.2) is 5.96 Å². The number of ether oxygens (including phenoxy) is 2. The van der Waals surface area contributed by atoms with Crippen LogP contribution in [0.3, 0.4) is 0 Å². The van der Waals surface area contributed by atoms with Crippen molar-refractivity contribution in [2.24, 2.45) is 10.4 Å². The van der Waals surface area contributed by atoms with E-state index in [0.29, 0.717) is 13.1 Å². The Morgan fingerprint density at radius 3 is 2.29 bits per heavy atom. The molecule has 0 radical (unpaired) electrons. The summed E-state index contributed by atoms with van der Waals surface area (Å²) in [5.74, 6) is 0.797. The fourth-order valence-electron chi connectivity index (χ4n) is 3.29. The van der Waals surface area contributed by atoms with Crippen LogP contribution in [0.2, 0.25) is 0 Å². The number of hydrogen-bond donors (Lipinski definition) is 3. The molecule has 1 saturated carbocycles. The molecule has 0 atom stereocenters. The Hall–Kier alpha value is -0.770. The molecule has 1 amide bonds. The maximum Gasteiger partial charge on any atom is 0.407 e. The minimum Gasteiger partial charge on any atom is -0.444 e. The average molecular weight is 512 g/mol. The van der Waals surface area contributed by atoms with Crippen LogP contribution in [0.25, 0.3) is 0 Å². The second-order valence-corrected chi connectivity index (χ2v) is 8.20. The Bertz CT molecular complexity index is 461. The molecule has 0 aliphatic heterocycles. The van der Waals surface area contributed by atoms with Gasteiger partial charge >= 0.3 is 6.09 Å². The summed E-state index contributed by atoms with van der Waals surface area (Å²) in [5.41, 5.74) is -0.211. The highest BCUT2D eigenvalue weighted by Gasteiger charge is 2.33. The lowest BCUT2D eigenvalue weighted by atomic mass is 9.83. The molecular weight excluding hydrogens is 471 g/mol. The maximum absolute atomic E-state index is 11.7. The van der Waals surface area contributed by atoms with Crippen molar-refractivity contribution in [3.63, 3.8) is 0 Å². The summed E-state index contributed by atoms with van der Waals surface area (Å²) < 4.78 is 10.8. The fraction of sp³-hybridized carbons (Fsp3) is 0.900. The van der Waals surface area contributed by atoms with Crippen LogP contribution in [-0.2, 0) is 9.47 Å². The largest absolute Gasteiger partial charge is 0.444 e. The molecule has 0 aromatic rings. The summed E-state index contributed by atoms with van der Waals surface area (Å²) in [5, 5.41) is 9.32. The van der Waals surface area contributed by atoms with Gasteiger partial charge in [-0.1, -0.05) is 12.8 Å². The zero-order chi connectivity index (χ0) is 20.2. The third-order valence-electron chi connectivity index (χ3n) is 4.65. The average Bonchev–Trinajstić information content (AvgIpc) is 3.04. The number of halogens is 1. The Morgan fingerprint density at radius 2 is 1.71 bits per heavy atom. The Kier molecular flexibility index (Phi) is 13.9. The van der Waals surface area contributed by atoms with Gasteiger partial charge in [0.05, 0.1) is 0 Å². The van der Waals surface area contributed by atoms with E-state index in [9.17, 15) is 4.79 Å². The molecule has 1 fully saturated rings. The summed E-state index contributed by atoms with van der Waals surface area (Å²) in [6, 6.07) is 0. The zero-order valence-electron chi connectivity index (χ0n) is 18.4. The van der Waals surface area contributed by atoms with E-state index in [0.717, 1.165) is 38.7 Å². The van der Waals surface area contributed by atoms with Crippen LogP contribution in [-0.4, -0.2) is 57.0 Å². The van der Waals surface area contributed by atoms with E-state index in [1.165, 1.54) is 25.7 Å². The van der Waals surface area contributed by atoms with Crippen molar-refractivity contribution in [1.82, 2.24) is 16.0 Å². The van der Waals surface area contributed by atoms with Gasteiger partial charge in [0, 0.05) is 39.4 Å². The van der Waals surface area contributed by atoms with Crippen molar-refractivity contribution in [3.8, 4) is 0 Å². The first-order valence-electron chi connectivity index (χ1n) is 10.4. The molecule has 0 heterocycles. The van der Waals surface area contributed by atoms with Crippen LogP contribution in [0, 0.1) is 5.41 Å². The summed E-state index contributed by atoms with van der Waals surface area (Å²) in [7, 11) is 0. The highest BCUT2D eigenvalue weighted by atomic mass is 127. The number of guanidine groups is 1. The van der Waals surface area contributed by atoms with Crippen molar-refractivity contribution in [3.05, 3.63) is 0 Å². The van der Waals surface area contributed by atoms with Crippen molar-refractivity contribution in [2.45, 2.75) is 72.3 Å². The standard InChI is InChI=1S/C20H40N4O3.HI/c1-6-21-17(22-13-14-23-18(25)27-19(3,4)5)24-16-20(10-8-9-11-20)12-15-26-7-2;/h6-16H2,1-5H3,(H,23,25)(H2,21,22,24);1H. The number of nitrogens with one attached hydrogen (secondary N) is 3. The van der Waals surface area contributed by atoms with Gasteiger partial charge in [0.25, 0.3) is 0 Å². The quantitative estimate of drug-likeness (QED) is 0.180. The summed E-state index contributed by atoms with van der Waals surface area (Å²) in [6.45, 7) is 13.9. The van der Waals surface area contributed by atoms with Gasteiger partial charge in [0.1, 0.15) is 5.60 Å². The number of carbonyl (C=O) groups is 1. The van der Waals surface area contributed by atoms with Crippen molar-refractivity contribution < 1.29 is 14.3 Å². The first-order chi connectivity index (χ1) is 12.8. The van der Waals surface area contributed by atoms with E-state index in [2.05, 4.69) is 22.9 Å². The molecule has 166 valence electrons. The highest BCUT2D eigenvalue weighted by molar-refractivity contribution is 14.0. The van der Waals surface area contributed by atoms with Gasteiger partial charge < -0.3 is 25.4 Å². The van der Waals surface area contributed by atoms with E-state index in [4.69, 9.17) is 14.5 Å². The first-order valence-corrected chi connectivity index (χ1v) is 10.4. The maximum atomic E-state index is 11.7. The number of amides is 1. The number of aliphatic imine (C=N–C) groups is 1. The lowest BCUT2D eigenvalue weighted by Gasteiger charge is -2.27. The number of carbonyl (C=O) groups excluding carboxylic acids is 1. The molecule has 0 spiro atoms. The van der Waals surface area contributed by atoms with E-state index >= 15 is 0 Å². The Morgan fingerprint density at radius 1 is 1.07 bits per heavy atom. The van der Waals surface area contributed by atoms with Gasteiger partial charge in [-0.15, -0.1) is 24.0 Å². The van der Waals surface area contributed by atoms with Crippen LogP contribution in [0.5, 0.6) is 0 Å². The molecule has 0 aromatic heterocycles. The molecule has 8 heteroatoms. The molecule has 0 saturated heterocycles. The third-order valence-corrected chi connectivity index (χ3v) is 4.65. The molecule has 0 aromatic carbocycles. The minimum atomic E-state index is -0.481. The number of hydrogen-bond acceptors (Lipinski definition) is 4. The van der Waals surface area contributed by atoms with Gasteiger partial charge in [-0.05, 0) is 59.3 Å². The Labute approximate surface area is 188 Å². The predicted octanol–water partition coefficient (Wildman–Crippen LogP) is 3.67. The van der Waals surface area contributed by atoms with E-state index < -0.39 is 11.7 Å². The molecule has 1 aliphatic rings. The number of nitrogens with zero attached hydrogens (tertiary/aromatic N) is 1. The smallest absolute Gasteiger partial charge is 0.407 e. The van der Waals surface area contributed by atoms with Gasteiger partial charge in [-0.2, -0.15) is 0 Å². The predicted molar refractivity (Wildman–Crippen MR) is 126 cm³/mol. The molecule has 7 nitrogen and oxygen atoms in total. The second kappa shape index (κ2) is 14.3. The van der Waals surface area contributed by atoms with Crippen LogP contribution < -0.4 is 16.0 Å². The molecule has 1 rings (SSSR count). The first kappa shape index (κ1) is 27.2. The highest BCUT2D eigenvalue weighted by Crippen LogP contribution is 2.41. The molecule has 3 N–H and O–H groups in total. The minimum absolute atomic E-state index is 0. The normalized spacial score (nSPS) is 16.2. The van der Waals surface area contributed by atoms with Gasteiger partial charge in [-0.3, -0.25) is 4.99 Å². The molecular formula is C20H41IN4O3. The van der Waals surface area contributed by atoms with Crippen molar-refractivity contribution in [1.29, 1.82) is 0 Å². The molecule has 1 aliphatic carbocycles. The van der Waals surface area contributed by atoms with E-state index in [1.807, 2.05) is 27.7 Å². The summed E-state index contributed by atoms with van der Waals surface area (Å²) in [4.78, 5) is 16.5. The van der Waals surface area contributed by atoms with Crippen LogP contribution >= 0.6 is 24.0 Å². The van der Waals surface area contributed by atoms with Crippen LogP contribution in [0.15, 0.2) is 4.99 Å². The molecule has 28 heavy (non-hydrogen) atoms. The lowest BCUT2D eigenvalue weighted by Crippen LogP contribution is -2.43. The fourth-order valence-corrected chi connectivity index (χ4v) is 3.29. The summed E-state index contributed by atoms with van der Waals surface area (Å²) >= 11 is 0. The van der Waals surface area contributed by atoms with E-state index in [1.54, 1.807) is 0 Å². The SMILES string of the molecule is CCNC(=NCC1(CCOCC)CCCC1)NCCNC(=O)OC(C)(C)C.I. The number of alkyl carbamates (subject to hydrolysis) is 1. The van der Waals surface area contributed by atoms with Crippen molar-refractivity contribution >= 4 is 36.0 Å². The second-order valence-electron chi connectivity index (χ2n) is 8.20. The van der Waals surface area contributed by atoms with E-state index in [-0.39, 0.29) is 29.4 Å². The molecule has 0 unspecified atom stereocenters. The number of rotatable bonds is 10. The Balaban J connectivity index is 0.00000729. The third kappa shape index (κ3) is 11.9. The lowest BCUT2D eigenvalue weighted by molar-refractivity contribution is 0.0529. The van der Waals surface area contributed by atoms with Gasteiger partial charge in [0.2, 0.25) is 0 Å². The molecule has 0 bridgehead atoms. The van der Waals surface area contributed by atoms with Crippen LogP contribution in [0.4, 0.5) is 4.79 Å². The zero-order valence-corrected chi connectivity index (χ0v) is 20.7. The topological polar surface area (TPSA) is 84.0 Å². The van der Waals surface area contributed by atoms with Crippen LogP contribution in [0.1, 0.15) is 66.7 Å². The van der Waals surface area contributed by atoms with Crippen molar-refractivity contribution in [2.75, 3.05) is 39.4 Å².